The van der Waals surface area contributed by atoms with Gasteiger partial charge >= 0.3 is 0 Å². The topological polar surface area (TPSA) is 71.0 Å². The molecule has 1 aliphatic carbocycles. The molecule has 0 aromatic heterocycles. The lowest BCUT2D eigenvalue weighted by Gasteiger charge is -2.44. The van der Waals surface area contributed by atoms with Crippen LogP contribution in [0.15, 0.2) is 29.4 Å². The van der Waals surface area contributed by atoms with Gasteiger partial charge in [0.05, 0.1) is 11.4 Å². The molecule has 3 aliphatic rings. The predicted octanol–water partition coefficient (Wildman–Crippen LogP) is 2.63. The molecule has 2 unspecified atom stereocenters. The van der Waals surface area contributed by atoms with Gasteiger partial charge in [0.25, 0.3) is 5.91 Å². The molecule has 4 rings (SSSR count). The first-order valence-electron chi connectivity index (χ1n) is 8.99. The van der Waals surface area contributed by atoms with Crippen LogP contribution >= 0.6 is 0 Å². The van der Waals surface area contributed by atoms with Crippen molar-refractivity contribution >= 4 is 23.2 Å². The normalized spacial score (nSPS) is 29.8. The Bertz CT molecular complexity index is 754. The zero-order chi connectivity index (χ0) is 17.6. The zero-order valence-electron chi connectivity index (χ0n) is 14.6. The third-order valence-electron chi connectivity index (χ3n) is 5.50. The number of amides is 2. The third kappa shape index (κ3) is 2.51. The number of fused-ring (bicyclic) bond motifs is 1. The van der Waals surface area contributed by atoms with E-state index in [9.17, 15) is 9.59 Å². The number of carbonyl (C=O) groups excluding carboxylic acids is 2. The molecular weight excluding hydrogens is 318 g/mol. The molecule has 1 N–H and O–H groups in total. The van der Waals surface area contributed by atoms with Crippen molar-refractivity contribution < 1.29 is 14.3 Å². The Labute approximate surface area is 147 Å². The number of hydrazone groups is 1. The summed E-state index contributed by atoms with van der Waals surface area (Å²) in [6.07, 6.45) is 4.61. The van der Waals surface area contributed by atoms with Crippen LogP contribution in [0.4, 0.5) is 5.69 Å². The average molecular weight is 341 g/mol. The third-order valence-corrected chi connectivity index (χ3v) is 5.50. The molecule has 0 spiro atoms. The van der Waals surface area contributed by atoms with Crippen molar-refractivity contribution in [3.8, 4) is 5.75 Å². The number of hydrogen-bond acceptors (Lipinski definition) is 4. The van der Waals surface area contributed by atoms with Crippen molar-refractivity contribution in [3.63, 3.8) is 0 Å². The number of anilines is 1. The fraction of sp³-hybridized carbons (Fsp3) is 0.526. The van der Waals surface area contributed by atoms with E-state index in [1.54, 1.807) is 6.92 Å². The Hall–Kier alpha value is -2.37. The van der Waals surface area contributed by atoms with Crippen LogP contribution in [0.3, 0.4) is 0 Å². The summed E-state index contributed by atoms with van der Waals surface area (Å²) in [7, 11) is 0. The molecule has 25 heavy (non-hydrogen) atoms. The maximum atomic E-state index is 13.5. The molecule has 132 valence electrons. The Kier molecular flexibility index (Phi) is 3.78. The largest absolute Gasteiger partial charge is 0.469 e. The first-order valence-corrected chi connectivity index (χ1v) is 8.99. The highest BCUT2D eigenvalue weighted by Crippen LogP contribution is 2.43. The number of para-hydroxylation sites is 2. The van der Waals surface area contributed by atoms with Gasteiger partial charge in [0.1, 0.15) is 5.75 Å². The van der Waals surface area contributed by atoms with Crippen LogP contribution in [0.2, 0.25) is 0 Å². The van der Waals surface area contributed by atoms with Gasteiger partial charge in [-0.05, 0) is 31.9 Å². The second-order valence-electron chi connectivity index (χ2n) is 7.35. The molecule has 1 saturated carbocycles. The number of nitrogens with zero attached hydrogens (tertiary/aromatic N) is 2. The van der Waals surface area contributed by atoms with Crippen LogP contribution < -0.4 is 15.1 Å². The van der Waals surface area contributed by atoms with Crippen molar-refractivity contribution in [1.82, 2.24) is 5.43 Å². The van der Waals surface area contributed by atoms with E-state index in [0.29, 0.717) is 17.9 Å². The van der Waals surface area contributed by atoms with E-state index in [1.807, 2.05) is 36.1 Å². The second kappa shape index (κ2) is 5.86. The highest BCUT2D eigenvalue weighted by molar-refractivity contribution is 6.20. The van der Waals surface area contributed by atoms with Gasteiger partial charge in [-0.15, -0.1) is 0 Å². The quantitative estimate of drug-likeness (QED) is 0.899. The molecule has 2 aliphatic heterocycles. The monoisotopic (exact) mass is 341 g/mol. The molecule has 6 heteroatoms. The minimum atomic E-state index is -1.19. The lowest BCUT2D eigenvalue weighted by molar-refractivity contribution is -0.130. The molecule has 1 aromatic rings. The minimum absolute atomic E-state index is 0.0835. The lowest BCUT2D eigenvalue weighted by Crippen LogP contribution is -2.63. The number of carbonyl (C=O) groups is 2. The first-order chi connectivity index (χ1) is 12.0. The van der Waals surface area contributed by atoms with E-state index in [-0.39, 0.29) is 23.8 Å². The summed E-state index contributed by atoms with van der Waals surface area (Å²) in [5.41, 5.74) is 2.75. The number of benzene rings is 1. The summed E-state index contributed by atoms with van der Waals surface area (Å²) < 4.78 is 6.19. The maximum Gasteiger partial charge on any atom is 0.277 e. The van der Waals surface area contributed by atoms with Crippen molar-refractivity contribution in [2.45, 2.75) is 57.6 Å². The summed E-state index contributed by atoms with van der Waals surface area (Å²) in [6, 6.07) is 7.88. The summed E-state index contributed by atoms with van der Waals surface area (Å²) in [5, 5.41) is 4.22. The molecule has 2 amide bonds. The maximum absolute atomic E-state index is 13.5. The number of nitrogens with one attached hydrogen (secondary N) is 1. The molecule has 6 nitrogen and oxygen atoms in total. The van der Waals surface area contributed by atoms with E-state index in [0.717, 1.165) is 31.4 Å². The van der Waals surface area contributed by atoms with Gasteiger partial charge in [-0.3, -0.25) is 9.59 Å². The van der Waals surface area contributed by atoms with Gasteiger partial charge in [0, 0.05) is 18.4 Å². The Morgan fingerprint density at radius 3 is 2.68 bits per heavy atom. The Balaban J connectivity index is 1.80. The van der Waals surface area contributed by atoms with Crippen molar-refractivity contribution in [1.29, 1.82) is 0 Å². The predicted molar refractivity (Wildman–Crippen MR) is 94.6 cm³/mol. The molecule has 0 bridgehead atoms. The minimum Gasteiger partial charge on any atom is -0.469 e. The molecule has 2 atom stereocenters. The van der Waals surface area contributed by atoms with E-state index in [1.165, 1.54) is 0 Å². The van der Waals surface area contributed by atoms with Crippen LogP contribution in [-0.2, 0) is 9.59 Å². The fourth-order valence-corrected chi connectivity index (χ4v) is 4.26. The zero-order valence-corrected chi connectivity index (χ0v) is 14.6. The number of ether oxygens (including phenoxy) is 1. The first kappa shape index (κ1) is 16.1. The molecule has 1 fully saturated rings. The standard InChI is InChI=1S/C19H23N3O3/c1-12-11-16(23)20-21-17(12)19(2)18(24)22(13-7-3-4-8-13)14-9-5-6-10-15(14)25-19/h5-6,9-10,12-13H,3-4,7-8,11H2,1-2H3,(H,20,23). The van der Waals surface area contributed by atoms with Crippen LogP contribution in [0, 0.1) is 5.92 Å². The smallest absolute Gasteiger partial charge is 0.277 e. The molecule has 2 heterocycles. The number of hydrogen-bond donors (Lipinski definition) is 1. The second-order valence-corrected chi connectivity index (χ2v) is 7.35. The number of rotatable bonds is 2. The van der Waals surface area contributed by atoms with Gasteiger partial charge in [-0.1, -0.05) is 31.9 Å². The van der Waals surface area contributed by atoms with E-state index < -0.39 is 5.60 Å². The van der Waals surface area contributed by atoms with E-state index >= 15 is 0 Å². The van der Waals surface area contributed by atoms with Crippen LogP contribution in [0.5, 0.6) is 5.75 Å². The average Bonchev–Trinajstić information content (AvgIpc) is 3.10. The molecule has 1 aromatic carbocycles. The Morgan fingerprint density at radius 1 is 1.24 bits per heavy atom. The lowest BCUT2D eigenvalue weighted by atomic mass is 9.84. The molecular formula is C19H23N3O3. The molecule has 0 radical (unpaired) electrons. The van der Waals surface area contributed by atoms with Crippen molar-refractivity contribution in [2.75, 3.05) is 4.90 Å². The van der Waals surface area contributed by atoms with Gasteiger partial charge < -0.3 is 9.64 Å². The van der Waals surface area contributed by atoms with E-state index in [4.69, 9.17) is 4.74 Å². The van der Waals surface area contributed by atoms with Gasteiger partial charge in [0.2, 0.25) is 11.5 Å². The SMILES string of the molecule is CC1CC(=O)NN=C1C1(C)Oc2ccccc2N(C2CCCC2)C1=O. The summed E-state index contributed by atoms with van der Waals surface area (Å²) in [6.45, 7) is 3.69. The van der Waals surface area contributed by atoms with Crippen LogP contribution in [0.25, 0.3) is 0 Å². The van der Waals surface area contributed by atoms with Crippen LogP contribution in [-0.4, -0.2) is 29.2 Å². The van der Waals surface area contributed by atoms with Crippen molar-refractivity contribution in [3.05, 3.63) is 24.3 Å². The Morgan fingerprint density at radius 2 is 1.96 bits per heavy atom. The van der Waals surface area contributed by atoms with Gasteiger partial charge in [0.15, 0.2) is 0 Å². The summed E-state index contributed by atoms with van der Waals surface area (Å²) in [4.78, 5) is 27.1. The van der Waals surface area contributed by atoms with Crippen molar-refractivity contribution in [2.24, 2.45) is 11.0 Å². The fourth-order valence-electron chi connectivity index (χ4n) is 4.26. The van der Waals surface area contributed by atoms with Crippen LogP contribution in [0.1, 0.15) is 46.0 Å². The highest BCUT2D eigenvalue weighted by Gasteiger charge is 2.52. The highest BCUT2D eigenvalue weighted by atomic mass is 16.5. The van der Waals surface area contributed by atoms with E-state index in [2.05, 4.69) is 10.5 Å². The van der Waals surface area contributed by atoms with Gasteiger partial charge in [-0.25, -0.2) is 5.43 Å². The van der Waals surface area contributed by atoms with Gasteiger partial charge in [-0.2, -0.15) is 5.10 Å². The summed E-state index contributed by atoms with van der Waals surface area (Å²) in [5.74, 6) is 0.345. The summed E-state index contributed by atoms with van der Waals surface area (Å²) >= 11 is 0. The molecule has 0 saturated heterocycles.